The van der Waals surface area contributed by atoms with Crippen molar-refractivity contribution in [1.82, 2.24) is 9.80 Å². The zero-order chi connectivity index (χ0) is 9.14. The summed E-state index contributed by atoms with van der Waals surface area (Å²) in [5, 5.41) is 0. The molecule has 1 rings (SSSR count). The molecule has 1 aliphatic carbocycles. The minimum absolute atomic E-state index is 0.723. The zero-order valence-electron chi connectivity index (χ0n) is 8.58. The van der Waals surface area contributed by atoms with E-state index in [1.165, 1.54) is 25.7 Å². The summed E-state index contributed by atoms with van der Waals surface area (Å²) in [5.74, 6) is 0. The van der Waals surface area contributed by atoms with Crippen molar-refractivity contribution < 1.29 is 0 Å². The topological polar surface area (TPSA) is 6.48 Å². The summed E-state index contributed by atoms with van der Waals surface area (Å²) in [4.78, 5) is 4.46. The van der Waals surface area contributed by atoms with Gasteiger partial charge in [-0.15, -0.1) is 0 Å². The molecule has 72 valence electrons. The first-order chi connectivity index (χ1) is 5.61. The molecule has 0 bridgehead atoms. The molecule has 1 saturated carbocycles. The van der Waals surface area contributed by atoms with Gasteiger partial charge in [-0.1, -0.05) is 0 Å². The van der Waals surface area contributed by atoms with Crippen molar-refractivity contribution in [2.75, 3.05) is 21.1 Å². The molecule has 0 spiro atoms. The summed E-state index contributed by atoms with van der Waals surface area (Å²) >= 11 is 0. The Labute approximate surface area is 76.5 Å². The summed E-state index contributed by atoms with van der Waals surface area (Å²) in [6.45, 7) is 0. The molecule has 1 fully saturated rings. The molecule has 2 heteroatoms. The smallest absolute Gasteiger partial charge is 0.00902 e. The average molecular weight is 169 g/mol. The van der Waals surface area contributed by atoms with Gasteiger partial charge in [0.1, 0.15) is 0 Å². The molecule has 0 aromatic rings. The second kappa shape index (κ2) is 4.24. The summed E-state index contributed by atoms with van der Waals surface area (Å²) in [5.41, 5.74) is 0. The molecule has 0 saturated heterocycles. The summed E-state index contributed by atoms with van der Waals surface area (Å²) < 4.78 is 0. The lowest BCUT2D eigenvalue weighted by molar-refractivity contribution is 0.165. The third-order valence-electron chi connectivity index (χ3n) is 3.02. The van der Waals surface area contributed by atoms with Crippen LogP contribution in [-0.2, 0) is 0 Å². The van der Waals surface area contributed by atoms with Crippen molar-refractivity contribution in [3.8, 4) is 0 Å². The maximum Gasteiger partial charge on any atom is 0.00902 e. The van der Waals surface area contributed by atoms with Crippen LogP contribution in [0.15, 0.2) is 0 Å². The van der Waals surface area contributed by atoms with Crippen LogP contribution in [0.25, 0.3) is 0 Å². The van der Waals surface area contributed by atoms with Crippen LogP contribution in [0.4, 0.5) is 0 Å². The van der Waals surface area contributed by atoms with Gasteiger partial charge in [-0.25, -0.2) is 0 Å². The van der Waals surface area contributed by atoms with Gasteiger partial charge in [-0.05, 0) is 52.9 Å². The summed E-state index contributed by atoms with van der Waals surface area (Å²) in [6.07, 6.45) is 5.28. The van der Waals surface area contributed by atoms with Crippen molar-refractivity contribution in [2.45, 2.75) is 37.8 Å². The maximum absolute atomic E-state index is 3.95. The number of rotatable bonds is 2. The average Bonchev–Trinajstić information content (AvgIpc) is 2.04. The predicted molar refractivity (Wildman–Crippen MR) is 52.9 cm³/mol. The largest absolute Gasteiger partial charge is 0.459 e. The van der Waals surface area contributed by atoms with E-state index in [2.05, 4.69) is 38.0 Å². The van der Waals surface area contributed by atoms with Gasteiger partial charge in [0, 0.05) is 6.04 Å². The Morgan fingerprint density at radius 1 is 0.917 bits per heavy atom. The Morgan fingerprint density at radius 2 is 1.33 bits per heavy atom. The van der Waals surface area contributed by atoms with Gasteiger partial charge in [-0.2, -0.15) is 0 Å². The van der Waals surface area contributed by atoms with Crippen LogP contribution in [-0.4, -0.2) is 43.0 Å². The van der Waals surface area contributed by atoms with E-state index < -0.39 is 0 Å². The fourth-order valence-electron chi connectivity index (χ4n) is 2.02. The van der Waals surface area contributed by atoms with Crippen molar-refractivity contribution in [3.05, 3.63) is 7.05 Å². The lowest BCUT2D eigenvalue weighted by atomic mass is 9.90. The van der Waals surface area contributed by atoms with Gasteiger partial charge < -0.3 is 9.80 Å². The minimum atomic E-state index is 0.723. The lowest BCUT2D eigenvalue weighted by Crippen LogP contribution is -2.38. The minimum Gasteiger partial charge on any atom is -0.459 e. The Bertz CT molecular complexity index is 108. The molecule has 0 atom stereocenters. The van der Waals surface area contributed by atoms with E-state index in [0.717, 1.165) is 12.1 Å². The normalized spacial score (nSPS) is 31.5. The van der Waals surface area contributed by atoms with Crippen molar-refractivity contribution in [2.24, 2.45) is 0 Å². The highest BCUT2D eigenvalue weighted by molar-refractivity contribution is 4.81. The molecule has 0 aliphatic heterocycles. The van der Waals surface area contributed by atoms with Gasteiger partial charge in [0.2, 0.25) is 0 Å². The third-order valence-corrected chi connectivity index (χ3v) is 3.02. The number of hydrogen-bond donors (Lipinski definition) is 0. The van der Waals surface area contributed by atoms with E-state index in [1.807, 2.05) is 0 Å². The quantitative estimate of drug-likeness (QED) is 0.579. The van der Waals surface area contributed by atoms with Crippen LogP contribution in [0.1, 0.15) is 25.7 Å². The van der Waals surface area contributed by atoms with Gasteiger partial charge in [0.05, 0.1) is 0 Å². The van der Waals surface area contributed by atoms with Crippen molar-refractivity contribution in [1.29, 1.82) is 0 Å². The molecule has 0 N–H and O–H groups in total. The predicted octanol–water partition coefficient (Wildman–Crippen LogP) is 1.58. The van der Waals surface area contributed by atoms with Crippen molar-refractivity contribution >= 4 is 0 Å². The fraction of sp³-hybridized carbons (Fsp3) is 0.900. The van der Waals surface area contributed by atoms with Crippen molar-refractivity contribution in [3.63, 3.8) is 0 Å². The fourth-order valence-corrected chi connectivity index (χ4v) is 2.02. The molecule has 1 aliphatic rings. The third kappa shape index (κ3) is 2.46. The molecule has 2 nitrogen and oxygen atoms in total. The molecule has 0 heterocycles. The first-order valence-electron chi connectivity index (χ1n) is 4.81. The SMILES string of the molecule is [CH2-]N(C)C1CCC(N(C)C)CC1. The van der Waals surface area contributed by atoms with Gasteiger partial charge in [-0.3, -0.25) is 7.05 Å². The number of hydrogen-bond acceptors (Lipinski definition) is 2. The number of nitrogens with zero attached hydrogens (tertiary/aromatic N) is 2. The second-order valence-corrected chi connectivity index (χ2v) is 4.18. The van der Waals surface area contributed by atoms with Crippen LogP contribution in [0.5, 0.6) is 0 Å². The van der Waals surface area contributed by atoms with Gasteiger partial charge in [0.25, 0.3) is 0 Å². The van der Waals surface area contributed by atoms with E-state index in [0.29, 0.717) is 0 Å². The first-order valence-corrected chi connectivity index (χ1v) is 4.81. The van der Waals surface area contributed by atoms with E-state index in [1.54, 1.807) is 0 Å². The summed E-state index contributed by atoms with van der Waals surface area (Å²) in [7, 11) is 10.4. The van der Waals surface area contributed by atoms with Crippen LogP contribution in [0.3, 0.4) is 0 Å². The lowest BCUT2D eigenvalue weighted by Gasteiger charge is -2.39. The monoisotopic (exact) mass is 169 g/mol. The molecule has 0 amide bonds. The highest BCUT2D eigenvalue weighted by Crippen LogP contribution is 2.24. The van der Waals surface area contributed by atoms with Gasteiger partial charge in [0.15, 0.2) is 0 Å². The molecule has 0 unspecified atom stereocenters. The Kier molecular flexibility index (Phi) is 3.53. The summed E-state index contributed by atoms with van der Waals surface area (Å²) in [6, 6.07) is 1.53. The molecular formula is C10H21N2-. The Morgan fingerprint density at radius 3 is 1.67 bits per heavy atom. The Balaban J connectivity index is 2.30. The zero-order valence-corrected chi connectivity index (χ0v) is 8.58. The first kappa shape index (κ1) is 10.0. The van der Waals surface area contributed by atoms with Crippen LogP contribution < -0.4 is 0 Å². The van der Waals surface area contributed by atoms with E-state index in [4.69, 9.17) is 0 Å². The molecule has 0 aromatic carbocycles. The molecule has 12 heavy (non-hydrogen) atoms. The molecule has 0 radical (unpaired) electrons. The van der Waals surface area contributed by atoms with E-state index >= 15 is 0 Å². The second-order valence-electron chi connectivity index (χ2n) is 4.18. The van der Waals surface area contributed by atoms with Gasteiger partial charge >= 0.3 is 0 Å². The molecule has 0 aromatic heterocycles. The van der Waals surface area contributed by atoms with Crippen LogP contribution >= 0.6 is 0 Å². The van der Waals surface area contributed by atoms with E-state index in [-0.39, 0.29) is 0 Å². The van der Waals surface area contributed by atoms with Crippen LogP contribution in [0, 0.1) is 7.05 Å². The standard InChI is InChI=1S/C10H21N2/c1-11(2)9-5-7-10(8-6-9)12(3)4/h9-10H,1,5-8H2,2-4H3/q-1. The van der Waals surface area contributed by atoms with E-state index in [9.17, 15) is 0 Å². The van der Waals surface area contributed by atoms with Crippen LogP contribution in [0.2, 0.25) is 0 Å². The highest BCUT2D eigenvalue weighted by Gasteiger charge is 2.21. The molecular weight excluding hydrogens is 148 g/mol. The maximum atomic E-state index is 3.95. The highest BCUT2D eigenvalue weighted by atomic mass is 15.1. The Hall–Kier alpha value is -0.0800.